The summed E-state index contributed by atoms with van der Waals surface area (Å²) in [6.07, 6.45) is -1.03. The highest BCUT2D eigenvalue weighted by Crippen LogP contribution is 2.21. The van der Waals surface area contributed by atoms with Gasteiger partial charge >= 0.3 is 5.69 Å². The van der Waals surface area contributed by atoms with Crippen molar-refractivity contribution in [2.45, 2.75) is 26.5 Å². The number of nitrogens with zero attached hydrogens (tertiary/aromatic N) is 3. The van der Waals surface area contributed by atoms with Crippen molar-refractivity contribution < 1.29 is 19.9 Å². The Morgan fingerprint density at radius 3 is 2.68 bits per heavy atom. The number of amides is 1. The number of aliphatic hydroxyl groups is 2. The van der Waals surface area contributed by atoms with E-state index in [9.17, 15) is 14.9 Å². The molecule has 9 nitrogen and oxygen atoms in total. The Kier molecular flexibility index (Phi) is 4.95. The summed E-state index contributed by atoms with van der Waals surface area (Å²) in [5.41, 5.74) is 0.425. The topological polar surface area (TPSA) is 131 Å². The zero-order valence-corrected chi connectivity index (χ0v) is 10.7. The molecule has 3 N–H and O–H groups in total. The van der Waals surface area contributed by atoms with Crippen LogP contribution in [0.2, 0.25) is 0 Å². The van der Waals surface area contributed by atoms with Crippen LogP contribution in [0.4, 0.5) is 5.69 Å². The van der Waals surface area contributed by atoms with Crippen molar-refractivity contribution in [3.8, 4) is 0 Å². The smallest absolute Gasteiger partial charge is 0.312 e. The Morgan fingerprint density at radius 2 is 2.21 bits per heavy atom. The molecule has 1 aromatic rings. The molecule has 1 aromatic heterocycles. The molecule has 106 valence electrons. The maximum Gasteiger partial charge on any atom is 0.312 e. The molecule has 0 bridgehead atoms. The third kappa shape index (κ3) is 3.73. The first-order valence-electron chi connectivity index (χ1n) is 5.60. The summed E-state index contributed by atoms with van der Waals surface area (Å²) < 4.78 is 1.23. The van der Waals surface area contributed by atoms with Gasteiger partial charge in [0, 0.05) is 6.54 Å². The number of aromatic nitrogens is 2. The van der Waals surface area contributed by atoms with E-state index in [4.69, 9.17) is 10.2 Å². The summed E-state index contributed by atoms with van der Waals surface area (Å²) in [6, 6.07) is 0. The lowest BCUT2D eigenvalue weighted by molar-refractivity contribution is -0.386. The molecular formula is C10H16N4O5. The van der Waals surface area contributed by atoms with Crippen LogP contribution in [0.5, 0.6) is 0 Å². The molecule has 1 rings (SSSR count). The summed E-state index contributed by atoms with van der Waals surface area (Å²) >= 11 is 0. The number of hydrogen-bond donors (Lipinski definition) is 3. The van der Waals surface area contributed by atoms with E-state index in [2.05, 4.69) is 10.4 Å². The van der Waals surface area contributed by atoms with Crippen LogP contribution in [0.1, 0.15) is 11.4 Å². The molecule has 0 radical (unpaired) electrons. The van der Waals surface area contributed by atoms with Crippen LogP contribution in [-0.4, -0.2) is 50.1 Å². The number of aryl methyl sites for hydroxylation is 1. The van der Waals surface area contributed by atoms with E-state index in [0.717, 1.165) is 0 Å². The summed E-state index contributed by atoms with van der Waals surface area (Å²) in [4.78, 5) is 21.8. The average molecular weight is 272 g/mol. The molecular weight excluding hydrogens is 256 g/mol. The third-order valence-corrected chi connectivity index (χ3v) is 2.56. The van der Waals surface area contributed by atoms with Gasteiger partial charge in [-0.25, -0.2) is 0 Å². The van der Waals surface area contributed by atoms with E-state index >= 15 is 0 Å². The van der Waals surface area contributed by atoms with E-state index < -0.39 is 23.5 Å². The maximum atomic E-state index is 11.5. The molecule has 0 saturated heterocycles. The monoisotopic (exact) mass is 272 g/mol. The fourth-order valence-electron chi connectivity index (χ4n) is 1.59. The molecule has 0 fully saturated rings. The summed E-state index contributed by atoms with van der Waals surface area (Å²) in [5.74, 6) is -0.451. The van der Waals surface area contributed by atoms with E-state index in [-0.39, 0.29) is 24.5 Å². The van der Waals surface area contributed by atoms with Crippen molar-refractivity contribution >= 4 is 11.6 Å². The van der Waals surface area contributed by atoms with E-state index in [0.29, 0.717) is 5.69 Å². The standard InChI is InChI=1S/C10H16N4O5/c1-6-10(14(18)19)7(2)13(12-6)4-9(17)11-3-8(16)5-15/h8,15-16H,3-5H2,1-2H3,(H,11,17). The highest BCUT2D eigenvalue weighted by atomic mass is 16.6. The minimum Gasteiger partial charge on any atom is -0.394 e. The number of nitrogens with one attached hydrogen (secondary N) is 1. The maximum absolute atomic E-state index is 11.5. The van der Waals surface area contributed by atoms with Gasteiger partial charge in [-0.2, -0.15) is 5.10 Å². The predicted octanol–water partition coefficient (Wildman–Crippen LogP) is -1.12. The van der Waals surface area contributed by atoms with Crippen molar-refractivity contribution in [1.29, 1.82) is 0 Å². The van der Waals surface area contributed by atoms with Gasteiger partial charge in [-0.15, -0.1) is 0 Å². The lowest BCUT2D eigenvalue weighted by Crippen LogP contribution is -2.36. The van der Waals surface area contributed by atoms with Crippen molar-refractivity contribution in [3.05, 3.63) is 21.5 Å². The molecule has 19 heavy (non-hydrogen) atoms. The number of aliphatic hydroxyl groups excluding tert-OH is 2. The predicted molar refractivity (Wildman–Crippen MR) is 64.5 cm³/mol. The van der Waals surface area contributed by atoms with Crippen LogP contribution in [-0.2, 0) is 11.3 Å². The number of nitro groups is 1. The van der Waals surface area contributed by atoms with Crippen LogP contribution in [0.25, 0.3) is 0 Å². The van der Waals surface area contributed by atoms with Crippen LogP contribution in [0, 0.1) is 24.0 Å². The van der Waals surface area contributed by atoms with Gasteiger partial charge in [0.15, 0.2) is 0 Å². The van der Waals surface area contributed by atoms with E-state index in [1.54, 1.807) is 0 Å². The summed E-state index contributed by atoms with van der Waals surface area (Å²) in [6.45, 7) is 2.28. The first kappa shape index (κ1) is 15.1. The molecule has 1 amide bonds. The van der Waals surface area contributed by atoms with Gasteiger partial charge < -0.3 is 15.5 Å². The van der Waals surface area contributed by atoms with Gasteiger partial charge in [0.25, 0.3) is 0 Å². The van der Waals surface area contributed by atoms with Crippen LogP contribution in [0.3, 0.4) is 0 Å². The zero-order valence-electron chi connectivity index (χ0n) is 10.7. The van der Waals surface area contributed by atoms with Gasteiger partial charge in [0.2, 0.25) is 5.91 Å². The van der Waals surface area contributed by atoms with Crippen LogP contribution in [0.15, 0.2) is 0 Å². The van der Waals surface area contributed by atoms with Gasteiger partial charge in [-0.3, -0.25) is 19.6 Å². The second-order valence-corrected chi connectivity index (χ2v) is 4.07. The first-order valence-corrected chi connectivity index (χ1v) is 5.60. The normalized spacial score (nSPS) is 12.2. The number of rotatable bonds is 6. The largest absolute Gasteiger partial charge is 0.394 e. The van der Waals surface area contributed by atoms with Crippen molar-refractivity contribution in [2.75, 3.05) is 13.2 Å². The molecule has 0 spiro atoms. The average Bonchev–Trinajstić information content (AvgIpc) is 2.61. The zero-order chi connectivity index (χ0) is 14.6. The molecule has 1 atom stereocenters. The summed E-state index contributed by atoms with van der Waals surface area (Å²) in [5, 5.41) is 34.8. The molecule has 0 aliphatic rings. The Hall–Kier alpha value is -2.00. The SMILES string of the molecule is Cc1nn(CC(=O)NCC(O)CO)c(C)c1[N+](=O)[O-]. The Balaban J connectivity index is 2.70. The van der Waals surface area contributed by atoms with Crippen molar-refractivity contribution in [1.82, 2.24) is 15.1 Å². The molecule has 0 aliphatic carbocycles. The van der Waals surface area contributed by atoms with Gasteiger partial charge in [-0.05, 0) is 13.8 Å². The minimum absolute atomic E-state index is 0.0866. The molecule has 0 aliphatic heterocycles. The molecule has 9 heteroatoms. The minimum atomic E-state index is -1.03. The molecule has 0 aromatic carbocycles. The molecule has 1 unspecified atom stereocenters. The highest BCUT2D eigenvalue weighted by Gasteiger charge is 2.22. The van der Waals surface area contributed by atoms with Crippen molar-refractivity contribution in [3.63, 3.8) is 0 Å². The van der Waals surface area contributed by atoms with Crippen LogP contribution >= 0.6 is 0 Å². The van der Waals surface area contributed by atoms with Crippen LogP contribution < -0.4 is 5.32 Å². The third-order valence-electron chi connectivity index (χ3n) is 2.56. The number of hydrogen-bond acceptors (Lipinski definition) is 6. The molecule has 0 saturated carbocycles. The van der Waals surface area contributed by atoms with E-state index in [1.165, 1.54) is 18.5 Å². The first-order chi connectivity index (χ1) is 8.86. The van der Waals surface area contributed by atoms with Gasteiger partial charge in [-0.1, -0.05) is 0 Å². The fourth-order valence-corrected chi connectivity index (χ4v) is 1.59. The summed E-state index contributed by atoms with van der Waals surface area (Å²) in [7, 11) is 0. The highest BCUT2D eigenvalue weighted by molar-refractivity contribution is 5.75. The van der Waals surface area contributed by atoms with Gasteiger partial charge in [0.05, 0.1) is 17.6 Å². The fraction of sp³-hybridized carbons (Fsp3) is 0.600. The van der Waals surface area contributed by atoms with Crippen molar-refractivity contribution in [2.24, 2.45) is 0 Å². The lowest BCUT2D eigenvalue weighted by atomic mass is 10.3. The van der Waals surface area contributed by atoms with E-state index in [1.807, 2.05) is 0 Å². The quantitative estimate of drug-likeness (QED) is 0.444. The lowest BCUT2D eigenvalue weighted by Gasteiger charge is -2.09. The number of carbonyl (C=O) groups excluding carboxylic acids is 1. The second kappa shape index (κ2) is 6.25. The Labute approximate surface area is 109 Å². The number of carbonyl (C=O) groups is 1. The second-order valence-electron chi connectivity index (χ2n) is 4.07. The Bertz CT molecular complexity index is 485. The Morgan fingerprint density at radius 1 is 1.58 bits per heavy atom. The molecule has 1 heterocycles. The van der Waals surface area contributed by atoms with Gasteiger partial charge in [0.1, 0.15) is 17.9 Å².